The van der Waals surface area contributed by atoms with Crippen LogP contribution in [0.25, 0.3) is 0 Å². The van der Waals surface area contributed by atoms with Gasteiger partial charge in [0.25, 0.3) is 0 Å². The molecule has 3 N–H and O–H groups in total. The van der Waals surface area contributed by atoms with Gasteiger partial charge in [0.05, 0.1) is 0 Å². The van der Waals surface area contributed by atoms with Gasteiger partial charge in [-0.25, -0.2) is 15.0 Å². The molecule has 0 saturated heterocycles. The van der Waals surface area contributed by atoms with Crippen LogP contribution in [0.4, 0.5) is 9.18 Å². The molecule has 16 heavy (non-hydrogen) atoms. The van der Waals surface area contributed by atoms with E-state index < -0.39 is 6.03 Å². The molecule has 0 radical (unpaired) electrons. The van der Waals surface area contributed by atoms with E-state index in [9.17, 15) is 9.18 Å². The minimum Gasteiger partial charge on any atom is -0.326 e. The molecule has 0 aliphatic carbocycles. The zero-order valence-electron chi connectivity index (χ0n) is 8.84. The summed E-state index contributed by atoms with van der Waals surface area (Å²) >= 11 is 5.74. The van der Waals surface area contributed by atoms with Crippen molar-refractivity contribution in [2.75, 3.05) is 13.6 Å². The quantitative estimate of drug-likeness (QED) is 0.482. The molecule has 0 heterocycles. The van der Waals surface area contributed by atoms with E-state index in [0.29, 0.717) is 23.6 Å². The van der Waals surface area contributed by atoms with Crippen LogP contribution in [-0.4, -0.2) is 24.5 Å². The number of urea groups is 1. The second-order valence-corrected chi connectivity index (χ2v) is 3.79. The van der Waals surface area contributed by atoms with Crippen LogP contribution >= 0.6 is 11.6 Å². The number of rotatable bonds is 3. The SMILES string of the molecule is CN(CCc1cc(Cl)ccc1F)C(=O)NN. The molecule has 0 aliphatic rings. The smallest absolute Gasteiger partial charge is 0.326 e. The maximum atomic E-state index is 13.3. The highest BCUT2D eigenvalue weighted by molar-refractivity contribution is 6.30. The van der Waals surface area contributed by atoms with Crippen molar-refractivity contribution in [3.63, 3.8) is 0 Å². The Labute approximate surface area is 98.1 Å². The Morgan fingerprint density at radius 3 is 2.94 bits per heavy atom. The molecule has 88 valence electrons. The normalized spacial score (nSPS) is 10.0. The summed E-state index contributed by atoms with van der Waals surface area (Å²) in [6.07, 6.45) is 0.385. The highest BCUT2D eigenvalue weighted by atomic mass is 35.5. The Hall–Kier alpha value is -1.33. The molecule has 1 aromatic rings. The number of hydrazine groups is 1. The standard InChI is InChI=1S/C10H13ClFN3O/c1-15(10(16)14-13)5-4-7-6-8(11)2-3-9(7)12/h2-3,6H,4-5,13H2,1H3,(H,14,16). The third kappa shape index (κ3) is 3.36. The molecule has 2 amide bonds. The van der Waals surface area contributed by atoms with Crippen LogP contribution in [0.15, 0.2) is 18.2 Å². The summed E-state index contributed by atoms with van der Waals surface area (Å²) in [6, 6.07) is 3.92. The van der Waals surface area contributed by atoms with Crippen LogP contribution in [0.2, 0.25) is 5.02 Å². The molecular weight excluding hydrogens is 233 g/mol. The summed E-state index contributed by atoms with van der Waals surface area (Å²) in [5.74, 6) is 4.63. The largest absolute Gasteiger partial charge is 0.331 e. The first kappa shape index (κ1) is 12.7. The van der Waals surface area contributed by atoms with Gasteiger partial charge >= 0.3 is 6.03 Å². The van der Waals surface area contributed by atoms with Gasteiger partial charge < -0.3 is 4.90 Å². The summed E-state index contributed by atoms with van der Waals surface area (Å²) in [6.45, 7) is 0.361. The molecule has 1 rings (SSSR count). The predicted octanol–water partition coefficient (Wildman–Crippen LogP) is 1.54. The predicted molar refractivity (Wildman–Crippen MR) is 60.5 cm³/mol. The van der Waals surface area contributed by atoms with Gasteiger partial charge in [-0.1, -0.05) is 11.6 Å². The maximum absolute atomic E-state index is 13.3. The van der Waals surface area contributed by atoms with E-state index in [1.54, 1.807) is 13.1 Å². The lowest BCUT2D eigenvalue weighted by Crippen LogP contribution is -2.42. The van der Waals surface area contributed by atoms with Gasteiger partial charge in [-0.3, -0.25) is 5.43 Å². The average Bonchev–Trinajstić information content (AvgIpc) is 2.28. The van der Waals surface area contributed by atoms with E-state index in [4.69, 9.17) is 17.4 Å². The molecule has 0 atom stereocenters. The van der Waals surface area contributed by atoms with Crippen molar-refractivity contribution < 1.29 is 9.18 Å². The average molecular weight is 246 g/mol. The zero-order chi connectivity index (χ0) is 12.1. The lowest BCUT2D eigenvalue weighted by atomic mass is 10.1. The summed E-state index contributed by atoms with van der Waals surface area (Å²) in [4.78, 5) is 12.4. The second kappa shape index (κ2) is 5.67. The Balaban J connectivity index is 2.60. The Bertz CT molecular complexity index is 386. The van der Waals surface area contributed by atoms with E-state index >= 15 is 0 Å². The molecule has 0 spiro atoms. The van der Waals surface area contributed by atoms with Crippen LogP contribution in [0.3, 0.4) is 0 Å². The van der Waals surface area contributed by atoms with E-state index in [2.05, 4.69) is 0 Å². The zero-order valence-corrected chi connectivity index (χ0v) is 9.59. The molecule has 1 aromatic carbocycles. The molecular formula is C10H13ClFN3O. The summed E-state index contributed by atoms with van der Waals surface area (Å²) in [7, 11) is 1.57. The van der Waals surface area contributed by atoms with Crippen molar-refractivity contribution in [2.24, 2.45) is 5.84 Å². The van der Waals surface area contributed by atoms with Gasteiger partial charge in [0.2, 0.25) is 0 Å². The monoisotopic (exact) mass is 245 g/mol. The number of halogens is 2. The van der Waals surface area contributed by atoms with Crippen LogP contribution in [-0.2, 0) is 6.42 Å². The van der Waals surface area contributed by atoms with E-state index in [0.717, 1.165) is 0 Å². The van der Waals surface area contributed by atoms with Crippen molar-refractivity contribution in [3.05, 3.63) is 34.6 Å². The fourth-order valence-electron chi connectivity index (χ4n) is 1.23. The number of likely N-dealkylation sites (N-methyl/N-ethyl adjacent to an activating group) is 1. The number of amides is 2. The Morgan fingerprint density at radius 1 is 1.62 bits per heavy atom. The van der Waals surface area contributed by atoms with E-state index in [1.807, 2.05) is 5.43 Å². The minimum absolute atomic E-state index is 0.328. The number of carbonyl (C=O) groups is 1. The van der Waals surface area contributed by atoms with Gasteiger partial charge in [0, 0.05) is 18.6 Å². The first-order chi connectivity index (χ1) is 7.54. The molecule has 0 unspecified atom stereocenters. The number of nitrogens with zero attached hydrogens (tertiary/aromatic N) is 1. The molecule has 0 bridgehead atoms. The van der Waals surface area contributed by atoms with E-state index in [-0.39, 0.29) is 5.82 Å². The fraction of sp³-hybridized carbons (Fsp3) is 0.300. The first-order valence-electron chi connectivity index (χ1n) is 4.70. The number of hydrogen-bond acceptors (Lipinski definition) is 2. The molecule has 0 fully saturated rings. The van der Waals surface area contributed by atoms with Gasteiger partial charge in [0.1, 0.15) is 5.82 Å². The van der Waals surface area contributed by atoms with Crippen LogP contribution in [0.1, 0.15) is 5.56 Å². The number of nitrogens with one attached hydrogen (secondary N) is 1. The summed E-state index contributed by atoms with van der Waals surface area (Å²) < 4.78 is 13.3. The summed E-state index contributed by atoms with van der Waals surface area (Å²) in [5, 5.41) is 0.474. The maximum Gasteiger partial charge on any atom is 0.331 e. The second-order valence-electron chi connectivity index (χ2n) is 3.36. The first-order valence-corrected chi connectivity index (χ1v) is 5.08. The molecule has 0 aliphatic heterocycles. The van der Waals surface area contributed by atoms with Crippen molar-refractivity contribution in [1.29, 1.82) is 0 Å². The Morgan fingerprint density at radius 2 is 2.31 bits per heavy atom. The molecule has 4 nitrogen and oxygen atoms in total. The number of hydrogen-bond donors (Lipinski definition) is 2. The highest BCUT2D eigenvalue weighted by Gasteiger charge is 2.08. The van der Waals surface area contributed by atoms with Gasteiger partial charge in [-0.2, -0.15) is 0 Å². The van der Waals surface area contributed by atoms with Crippen molar-refractivity contribution >= 4 is 17.6 Å². The third-order valence-corrected chi connectivity index (χ3v) is 2.43. The minimum atomic E-state index is -0.414. The number of nitrogens with two attached hydrogens (primary N) is 1. The third-order valence-electron chi connectivity index (χ3n) is 2.19. The lowest BCUT2D eigenvalue weighted by molar-refractivity contribution is 0.209. The fourth-order valence-corrected chi connectivity index (χ4v) is 1.43. The van der Waals surface area contributed by atoms with Gasteiger partial charge in [0.15, 0.2) is 0 Å². The van der Waals surface area contributed by atoms with E-state index in [1.165, 1.54) is 17.0 Å². The molecule has 0 saturated carbocycles. The molecule has 6 heteroatoms. The topological polar surface area (TPSA) is 58.4 Å². The van der Waals surface area contributed by atoms with Crippen molar-refractivity contribution in [1.82, 2.24) is 10.3 Å². The number of benzene rings is 1. The number of carbonyl (C=O) groups excluding carboxylic acids is 1. The van der Waals surface area contributed by atoms with Crippen molar-refractivity contribution in [3.8, 4) is 0 Å². The molecule has 0 aromatic heterocycles. The Kier molecular flexibility index (Phi) is 4.52. The van der Waals surface area contributed by atoms with Gasteiger partial charge in [-0.15, -0.1) is 0 Å². The van der Waals surface area contributed by atoms with Crippen LogP contribution in [0, 0.1) is 5.82 Å². The van der Waals surface area contributed by atoms with Crippen LogP contribution < -0.4 is 11.3 Å². The van der Waals surface area contributed by atoms with Crippen molar-refractivity contribution in [2.45, 2.75) is 6.42 Å². The lowest BCUT2D eigenvalue weighted by Gasteiger charge is -2.16. The highest BCUT2D eigenvalue weighted by Crippen LogP contribution is 2.15. The van der Waals surface area contributed by atoms with Crippen LogP contribution in [0.5, 0.6) is 0 Å². The van der Waals surface area contributed by atoms with Gasteiger partial charge in [-0.05, 0) is 30.2 Å². The summed E-state index contributed by atoms with van der Waals surface area (Å²) in [5.41, 5.74) is 2.47.